The van der Waals surface area contributed by atoms with Crippen LogP contribution in [-0.4, -0.2) is 32.5 Å². The number of halogens is 1. The van der Waals surface area contributed by atoms with Crippen LogP contribution in [0.25, 0.3) is 11.3 Å². The van der Waals surface area contributed by atoms with Gasteiger partial charge in [-0.2, -0.15) is 5.90 Å². The van der Waals surface area contributed by atoms with Gasteiger partial charge in [0.2, 0.25) is 0 Å². The minimum atomic E-state index is -0.571. The molecule has 3 aromatic rings. The van der Waals surface area contributed by atoms with Crippen molar-refractivity contribution in [2.75, 3.05) is 20.8 Å². The smallest absolute Gasteiger partial charge is 0.341 e. The van der Waals surface area contributed by atoms with Crippen molar-refractivity contribution in [3.63, 3.8) is 0 Å². The lowest BCUT2D eigenvalue weighted by Gasteiger charge is -2.17. The fraction of sp³-hybridized carbons (Fsp3) is 0.172. The average molecular weight is 581 g/mol. The van der Waals surface area contributed by atoms with Crippen LogP contribution in [0.1, 0.15) is 30.5 Å². The molecular weight excluding hydrogens is 552 g/mol. The summed E-state index contributed by atoms with van der Waals surface area (Å²) >= 11 is 3.42. The number of carbonyl (C=O) groups excluding carboxylic acids is 1. The highest BCUT2D eigenvalue weighted by Gasteiger charge is 2.23. The maximum Gasteiger partial charge on any atom is 0.341 e. The number of hydrogen-bond acceptors (Lipinski definition) is 8. The molecule has 0 amide bonds. The molecule has 0 unspecified atom stereocenters. The van der Waals surface area contributed by atoms with E-state index in [4.69, 9.17) is 29.8 Å². The van der Waals surface area contributed by atoms with E-state index in [2.05, 4.69) is 21.1 Å². The van der Waals surface area contributed by atoms with Gasteiger partial charge in [-0.15, -0.1) is 0 Å². The van der Waals surface area contributed by atoms with Gasteiger partial charge in [0.1, 0.15) is 29.4 Å². The topological polar surface area (TPSA) is 102 Å². The Morgan fingerprint density at radius 2 is 1.55 bits per heavy atom. The molecule has 198 valence electrons. The molecule has 0 atom stereocenters. The molecule has 9 heteroatoms. The molecule has 0 aliphatic heterocycles. The van der Waals surface area contributed by atoms with E-state index < -0.39 is 5.97 Å². The van der Waals surface area contributed by atoms with Crippen LogP contribution in [0.5, 0.6) is 11.5 Å². The second kappa shape index (κ2) is 14.0. The van der Waals surface area contributed by atoms with Crippen LogP contribution < -0.4 is 10.6 Å². The van der Waals surface area contributed by atoms with Crippen molar-refractivity contribution >= 4 is 38.9 Å². The first kappa shape index (κ1) is 28.5. The van der Waals surface area contributed by atoms with Crippen molar-refractivity contribution in [2.24, 2.45) is 11.1 Å². The van der Waals surface area contributed by atoms with E-state index in [-0.39, 0.29) is 5.57 Å². The number of hydrogen-bond donors (Lipinski definition) is 1. The summed E-state index contributed by atoms with van der Waals surface area (Å²) in [5.41, 5.74) is 3.07. The van der Waals surface area contributed by atoms with Crippen LogP contribution >= 0.6 is 15.9 Å². The van der Waals surface area contributed by atoms with Crippen molar-refractivity contribution in [1.82, 2.24) is 0 Å². The van der Waals surface area contributed by atoms with Gasteiger partial charge in [-0.1, -0.05) is 45.4 Å². The van der Waals surface area contributed by atoms with E-state index >= 15 is 0 Å². The van der Waals surface area contributed by atoms with Crippen molar-refractivity contribution in [3.05, 3.63) is 106 Å². The van der Waals surface area contributed by atoms with E-state index in [1.54, 1.807) is 31.2 Å². The number of carbonyl (C=O) groups is 1. The molecule has 38 heavy (non-hydrogen) atoms. The summed E-state index contributed by atoms with van der Waals surface area (Å²) in [5.74, 6) is 6.86. The first-order valence-electron chi connectivity index (χ1n) is 11.7. The number of oxime groups is 1. The van der Waals surface area contributed by atoms with Gasteiger partial charge in [-0.25, -0.2) is 4.79 Å². The lowest BCUT2D eigenvalue weighted by atomic mass is 9.94. The zero-order valence-corrected chi connectivity index (χ0v) is 23.2. The number of rotatable bonds is 11. The van der Waals surface area contributed by atoms with Gasteiger partial charge in [0.15, 0.2) is 5.76 Å². The molecule has 0 saturated heterocycles. The average Bonchev–Trinajstić information content (AvgIpc) is 2.94. The summed E-state index contributed by atoms with van der Waals surface area (Å²) in [6.45, 7) is 4.00. The van der Waals surface area contributed by atoms with Crippen LogP contribution in [0, 0.1) is 0 Å². The van der Waals surface area contributed by atoms with Gasteiger partial charge in [0.25, 0.3) is 0 Å². The predicted molar refractivity (Wildman–Crippen MR) is 150 cm³/mol. The Bertz CT molecular complexity index is 1330. The van der Waals surface area contributed by atoms with Crippen LogP contribution in [-0.2, 0) is 23.9 Å². The van der Waals surface area contributed by atoms with Gasteiger partial charge >= 0.3 is 5.97 Å². The molecule has 8 nitrogen and oxygen atoms in total. The van der Waals surface area contributed by atoms with E-state index in [1.165, 1.54) is 20.5 Å². The Morgan fingerprint density at radius 3 is 2.11 bits per heavy atom. The highest BCUT2D eigenvalue weighted by atomic mass is 79.9. The zero-order chi connectivity index (χ0) is 27.5. The number of esters is 1. The summed E-state index contributed by atoms with van der Waals surface area (Å²) < 4.78 is 17.0. The quantitative estimate of drug-likeness (QED) is 0.0912. The fourth-order valence-electron chi connectivity index (χ4n) is 3.61. The monoisotopic (exact) mass is 580 g/mol. The SMILES string of the molecule is CCON=C(C(C)=C(ON)c1ccccc1C(=COC)C(=O)OC)c1ccc(Oc2ccc(Br)cc2)cc1. The standard InChI is InChI=1S/C29H29BrN2O6/c1-5-36-32-27(20-10-14-22(15-11-20)37-23-16-12-21(30)13-17-23)19(2)28(38-31)25-9-7-6-8-24(25)26(18-34-3)29(33)35-4/h6-18H,5,31H2,1-4H3. The summed E-state index contributed by atoms with van der Waals surface area (Å²) in [5, 5.41) is 4.34. The lowest BCUT2D eigenvalue weighted by molar-refractivity contribution is -0.133. The van der Waals surface area contributed by atoms with Gasteiger partial charge in [0.05, 0.1) is 20.5 Å². The molecule has 3 rings (SSSR count). The normalized spacial score (nSPS) is 12.4. The molecule has 0 aromatic heterocycles. The molecule has 0 fully saturated rings. The maximum atomic E-state index is 12.5. The molecule has 0 saturated carbocycles. The van der Waals surface area contributed by atoms with E-state index in [1.807, 2.05) is 55.5 Å². The summed E-state index contributed by atoms with van der Waals surface area (Å²) in [6.07, 6.45) is 1.31. The van der Waals surface area contributed by atoms with Crippen molar-refractivity contribution in [1.29, 1.82) is 0 Å². The molecular formula is C29H29BrN2O6. The number of nitrogens with two attached hydrogens (primary N) is 1. The Kier molecular flexibility index (Phi) is 10.5. The Hall–Kier alpha value is -4.08. The van der Waals surface area contributed by atoms with Crippen molar-refractivity contribution < 1.29 is 28.7 Å². The van der Waals surface area contributed by atoms with Crippen LogP contribution in [0.2, 0.25) is 0 Å². The molecule has 0 bridgehead atoms. The van der Waals surface area contributed by atoms with Crippen molar-refractivity contribution in [3.8, 4) is 11.5 Å². The van der Waals surface area contributed by atoms with Gasteiger partial charge in [-0.05, 0) is 62.4 Å². The third-order valence-corrected chi connectivity index (χ3v) is 5.91. The first-order valence-corrected chi connectivity index (χ1v) is 12.5. The molecule has 0 heterocycles. The highest BCUT2D eigenvalue weighted by molar-refractivity contribution is 9.10. The highest BCUT2D eigenvalue weighted by Crippen LogP contribution is 2.31. The molecule has 3 aromatic carbocycles. The number of allylic oxidation sites excluding steroid dienone is 1. The third kappa shape index (κ3) is 7.02. The van der Waals surface area contributed by atoms with Crippen LogP contribution in [0.3, 0.4) is 0 Å². The first-order chi connectivity index (χ1) is 18.4. The van der Waals surface area contributed by atoms with Crippen molar-refractivity contribution in [2.45, 2.75) is 13.8 Å². The van der Waals surface area contributed by atoms with Crippen LogP contribution in [0.15, 0.2) is 94.3 Å². The van der Waals surface area contributed by atoms with Gasteiger partial charge in [-0.3, -0.25) is 0 Å². The summed E-state index contributed by atoms with van der Waals surface area (Å²) in [6, 6.07) is 22.1. The summed E-state index contributed by atoms with van der Waals surface area (Å²) in [7, 11) is 2.75. The molecule has 2 N–H and O–H groups in total. The molecule has 0 aliphatic carbocycles. The predicted octanol–water partition coefficient (Wildman–Crippen LogP) is 6.46. The second-order valence-corrected chi connectivity index (χ2v) is 8.73. The Labute approximate surface area is 230 Å². The largest absolute Gasteiger partial charge is 0.503 e. The van der Waals surface area contributed by atoms with E-state index in [0.29, 0.717) is 46.3 Å². The van der Waals surface area contributed by atoms with Gasteiger partial charge < -0.3 is 23.9 Å². The number of ether oxygens (including phenoxy) is 3. The van der Waals surface area contributed by atoms with Crippen LogP contribution in [0.4, 0.5) is 0 Å². The Morgan fingerprint density at radius 1 is 0.947 bits per heavy atom. The minimum absolute atomic E-state index is 0.200. The number of nitrogens with zero attached hydrogens (tertiary/aromatic N) is 1. The lowest BCUT2D eigenvalue weighted by Crippen LogP contribution is -2.13. The molecule has 0 aliphatic rings. The molecule has 0 radical (unpaired) electrons. The Balaban J connectivity index is 2.06. The van der Waals surface area contributed by atoms with E-state index in [9.17, 15) is 4.79 Å². The fourth-order valence-corrected chi connectivity index (χ4v) is 3.88. The number of methoxy groups -OCH3 is 2. The molecule has 0 spiro atoms. The van der Waals surface area contributed by atoms with E-state index in [0.717, 1.165) is 10.0 Å². The second-order valence-electron chi connectivity index (χ2n) is 7.81. The third-order valence-electron chi connectivity index (χ3n) is 5.38. The van der Waals surface area contributed by atoms with Gasteiger partial charge in [0, 0.05) is 26.7 Å². The summed E-state index contributed by atoms with van der Waals surface area (Å²) in [4.78, 5) is 23.3. The number of benzene rings is 3. The zero-order valence-electron chi connectivity index (χ0n) is 21.6. The maximum absolute atomic E-state index is 12.5. The minimum Gasteiger partial charge on any atom is -0.503 e.